The summed E-state index contributed by atoms with van der Waals surface area (Å²) < 4.78 is 39.1. The number of halogens is 3. The van der Waals surface area contributed by atoms with E-state index in [9.17, 15) is 18.0 Å². The second kappa shape index (κ2) is 7.13. The number of nitrogens with zero attached hydrogens (tertiary/aromatic N) is 2. The van der Waals surface area contributed by atoms with Gasteiger partial charge in [-0.3, -0.25) is 9.78 Å². The first-order valence-electron chi connectivity index (χ1n) is 8.07. The number of carbonyl (C=O) groups is 1. The van der Waals surface area contributed by atoms with Crippen LogP contribution in [0.5, 0.6) is 0 Å². The first-order valence-corrected chi connectivity index (χ1v) is 8.07. The van der Waals surface area contributed by atoms with Crippen LogP contribution >= 0.6 is 0 Å². The van der Waals surface area contributed by atoms with Crippen molar-refractivity contribution in [3.8, 4) is 0 Å². The fourth-order valence-electron chi connectivity index (χ4n) is 3.05. The number of hydrogen-bond donors (Lipinski definition) is 1. The normalized spacial score (nSPS) is 18.0. The van der Waals surface area contributed by atoms with Gasteiger partial charge in [0.05, 0.1) is 11.1 Å². The summed E-state index contributed by atoms with van der Waals surface area (Å²) in [4.78, 5) is 18.0. The van der Waals surface area contributed by atoms with Gasteiger partial charge < -0.3 is 10.2 Å². The van der Waals surface area contributed by atoms with E-state index < -0.39 is 17.6 Å². The second-order valence-corrected chi connectivity index (χ2v) is 6.01. The summed E-state index contributed by atoms with van der Waals surface area (Å²) in [5.74, 6) is -0.713. The van der Waals surface area contributed by atoms with Crippen LogP contribution in [0.4, 0.5) is 18.9 Å². The summed E-state index contributed by atoms with van der Waals surface area (Å²) in [7, 11) is 0. The molecule has 1 aliphatic rings. The molecule has 0 aliphatic carbocycles. The molecule has 1 aliphatic heterocycles. The summed E-state index contributed by atoms with van der Waals surface area (Å²) in [6.07, 6.45) is -1.12. The Kier molecular flexibility index (Phi) is 4.92. The van der Waals surface area contributed by atoms with E-state index in [0.29, 0.717) is 12.7 Å². The molecule has 0 saturated carbocycles. The zero-order valence-electron chi connectivity index (χ0n) is 13.5. The van der Waals surface area contributed by atoms with E-state index in [1.807, 2.05) is 30.3 Å². The third-order valence-corrected chi connectivity index (χ3v) is 4.25. The maximum absolute atomic E-state index is 13.0. The number of aromatic nitrogens is 1. The van der Waals surface area contributed by atoms with Gasteiger partial charge in [0.25, 0.3) is 5.91 Å². The zero-order valence-corrected chi connectivity index (χ0v) is 13.5. The Morgan fingerprint density at radius 1 is 1.20 bits per heavy atom. The van der Waals surface area contributed by atoms with Crippen LogP contribution in [0.3, 0.4) is 0 Å². The van der Waals surface area contributed by atoms with Crippen molar-refractivity contribution in [1.29, 1.82) is 0 Å². The monoisotopic (exact) mass is 349 g/mol. The van der Waals surface area contributed by atoms with Crippen molar-refractivity contribution < 1.29 is 18.0 Å². The topological polar surface area (TPSA) is 45.2 Å². The highest BCUT2D eigenvalue weighted by Crippen LogP contribution is 2.31. The van der Waals surface area contributed by atoms with Crippen LogP contribution in [0.25, 0.3) is 0 Å². The Morgan fingerprint density at radius 2 is 1.96 bits per heavy atom. The molecule has 1 atom stereocenters. The maximum atomic E-state index is 13.0. The van der Waals surface area contributed by atoms with Crippen LogP contribution in [-0.2, 0) is 6.18 Å². The Morgan fingerprint density at radius 3 is 2.68 bits per heavy atom. The van der Waals surface area contributed by atoms with E-state index in [0.717, 1.165) is 31.1 Å². The van der Waals surface area contributed by atoms with Crippen molar-refractivity contribution in [2.75, 3.05) is 18.0 Å². The van der Waals surface area contributed by atoms with Gasteiger partial charge in [-0.1, -0.05) is 18.2 Å². The quantitative estimate of drug-likeness (QED) is 0.922. The minimum atomic E-state index is -4.61. The highest BCUT2D eigenvalue weighted by Gasteiger charge is 2.36. The van der Waals surface area contributed by atoms with Gasteiger partial charge in [-0.2, -0.15) is 13.2 Å². The summed E-state index contributed by atoms with van der Waals surface area (Å²) in [5, 5.41) is 2.74. The predicted octanol–water partition coefficient (Wildman–Crippen LogP) is 3.50. The maximum Gasteiger partial charge on any atom is 0.418 e. The zero-order chi connectivity index (χ0) is 17.9. The lowest BCUT2D eigenvalue weighted by molar-refractivity contribution is -0.138. The molecule has 0 radical (unpaired) electrons. The van der Waals surface area contributed by atoms with Crippen LogP contribution in [0, 0.1) is 0 Å². The smallest absolute Gasteiger partial charge is 0.369 e. The number of pyridine rings is 1. The molecule has 0 spiro atoms. The molecule has 2 heterocycles. The van der Waals surface area contributed by atoms with Gasteiger partial charge in [-0.05, 0) is 31.0 Å². The number of alkyl halides is 3. The Labute approximate surface area is 143 Å². The van der Waals surface area contributed by atoms with Gasteiger partial charge in [-0.25, -0.2) is 0 Å². The van der Waals surface area contributed by atoms with Crippen LogP contribution in [0.2, 0.25) is 0 Å². The van der Waals surface area contributed by atoms with E-state index in [-0.39, 0.29) is 11.6 Å². The van der Waals surface area contributed by atoms with Crippen molar-refractivity contribution in [2.24, 2.45) is 0 Å². The van der Waals surface area contributed by atoms with E-state index >= 15 is 0 Å². The summed E-state index contributed by atoms with van der Waals surface area (Å²) in [5.41, 5.74) is -0.357. The van der Waals surface area contributed by atoms with Crippen LogP contribution < -0.4 is 10.2 Å². The fourth-order valence-corrected chi connectivity index (χ4v) is 3.05. The van der Waals surface area contributed by atoms with Gasteiger partial charge in [0.15, 0.2) is 0 Å². The number of para-hydroxylation sites is 1. The van der Waals surface area contributed by atoms with Crippen molar-refractivity contribution in [1.82, 2.24) is 10.3 Å². The summed E-state index contributed by atoms with van der Waals surface area (Å²) in [6, 6.07) is 10.7. The van der Waals surface area contributed by atoms with Crippen LogP contribution in [0.1, 0.15) is 28.8 Å². The van der Waals surface area contributed by atoms with E-state index in [4.69, 9.17) is 0 Å². The molecule has 7 heteroatoms. The van der Waals surface area contributed by atoms with Crippen molar-refractivity contribution in [3.05, 3.63) is 59.9 Å². The van der Waals surface area contributed by atoms with Gasteiger partial charge in [-0.15, -0.1) is 0 Å². The molecule has 4 nitrogen and oxygen atoms in total. The number of amides is 1. The van der Waals surface area contributed by atoms with Gasteiger partial charge in [0, 0.05) is 37.2 Å². The third-order valence-electron chi connectivity index (χ3n) is 4.25. The summed E-state index contributed by atoms with van der Waals surface area (Å²) >= 11 is 0. The van der Waals surface area contributed by atoms with E-state index in [2.05, 4.69) is 15.2 Å². The van der Waals surface area contributed by atoms with Gasteiger partial charge >= 0.3 is 6.18 Å². The molecule has 1 fully saturated rings. The standard InChI is InChI=1S/C18H18F3N3O/c19-18(20,21)16-11-22-9-8-15(16)17(25)23-13-5-4-10-24(12-13)14-6-2-1-3-7-14/h1-3,6-9,11,13H,4-5,10,12H2,(H,23,25)/t13-/m1/s1. The molecule has 0 bridgehead atoms. The van der Waals surface area contributed by atoms with E-state index in [1.54, 1.807) is 0 Å². The molecule has 132 valence electrons. The second-order valence-electron chi connectivity index (χ2n) is 6.01. The van der Waals surface area contributed by atoms with E-state index in [1.165, 1.54) is 6.20 Å². The number of nitrogens with one attached hydrogen (secondary N) is 1. The fraction of sp³-hybridized carbons (Fsp3) is 0.333. The molecule has 1 saturated heterocycles. The number of anilines is 1. The number of hydrogen-bond acceptors (Lipinski definition) is 3. The van der Waals surface area contributed by atoms with Gasteiger partial charge in [0.2, 0.25) is 0 Å². The lowest BCUT2D eigenvalue weighted by Crippen LogP contribution is -2.48. The SMILES string of the molecule is O=C(N[C@@H]1CCCN(c2ccccc2)C1)c1ccncc1C(F)(F)F. The lowest BCUT2D eigenvalue weighted by Gasteiger charge is -2.34. The molecule has 1 N–H and O–H groups in total. The number of piperidine rings is 1. The lowest BCUT2D eigenvalue weighted by atomic mass is 10.0. The molecular weight excluding hydrogens is 331 g/mol. The predicted molar refractivity (Wildman–Crippen MR) is 88.4 cm³/mol. The number of carbonyl (C=O) groups excluding carboxylic acids is 1. The molecule has 0 unspecified atom stereocenters. The first kappa shape index (κ1) is 17.3. The Balaban J connectivity index is 1.71. The highest BCUT2D eigenvalue weighted by atomic mass is 19.4. The average molecular weight is 349 g/mol. The number of rotatable bonds is 3. The van der Waals surface area contributed by atoms with Crippen LogP contribution in [-0.4, -0.2) is 30.0 Å². The number of benzene rings is 1. The minimum Gasteiger partial charge on any atom is -0.369 e. The molecule has 1 amide bonds. The minimum absolute atomic E-state index is 0.198. The van der Waals surface area contributed by atoms with Gasteiger partial charge in [0.1, 0.15) is 0 Å². The molecule has 2 aromatic rings. The average Bonchev–Trinajstić information content (AvgIpc) is 2.62. The Bertz CT molecular complexity index is 734. The molecule has 1 aromatic carbocycles. The summed E-state index contributed by atoms with van der Waals surface area (Å²) in [6.45, 7) is 1.43. The van der Waals surface area contributed by atoms with Crippen LogP contribution in [0.15, 0.2) is 48.8 Å². The van der Waals surface area contributed by atoms with Crippen molar-refractivity contribution >= 4 is 11.6 Å². The van der Waals surface area contributed by atoms with Crippen molar-refractivity contribution in [2.45, 2.75) is 25.1 Å². The molecule has 25 heavy (non-hydrogen) atoms. The largest absolute Gasteiger partial charge is 0.418 e. The third kappa shape index (κ3) is 4.10. The Hall–Kier alpha value is -2.57. The highest BCUT2D eigenvalue weighted by molar-refractivity contribution is 5.96. The molecular formula is C18H18F3N3O. The first-order chi connectivity index (χ1) is 11.9. The molecule has 3 rings (SSSR count). The molecule has 1 aromatic heterocycles. The van der Waals surface area contributed by atoms with Crippen molar-refractivity contribution in [3.63, 3.8) is 0 Å².